The van der Waals surface area contributed by atoms with Gasteiger partial charge in [-0.15, -0.1) is 11.3 Å². The molecule has 3 aromatic carbocycles. The fourth-order valence-electron chi connectivity index (χ4n) is 5.70. The van der Waals surface area contributed by atoms with Crippen LogP contribution in [-0.4, -0.2) is 37.0 Å². The monoisotopic (exact) mass is 614 g/mol. The van der Waals surface area contributed by atoms with Gasteiger partial charge < -0.3 is 15.0 Å². The average molecular weight is 615 g/mol. The number of alkyl halides is 3. The summed E-state index contributed by atoms with van der Waals surface area (Å²) in [6, 6.07) is 18.9. The van der Waals surface area contributed by atoms with Crippen molar-refractivity contribution in [3.63, 3.8) is 0 Å². The molecule has 4 nitrogen and oxygen atoms in total. The first-order valence-electron chi connectivity index (χ1n) is 14.2. The Morgan fingerprint density at radius 1 is 1.02 bits per heavy atom. The van der Waals surface area contributed by atoms with Crippen LogP contribution in [-0.2, 0) is 12.7 Å². The molecule has 1 saturated carbocycles. The number of fused-ring (bicyclic) bond motifs is 1. The predicted octanol–water partition coefficient (Wildman–Crippen LogP) is 9.06. The van der Waals surface area contributed by atoms with Crippen molar-refractivity contribution in [2.75, 3.05) is 20.2 Å². The number of carbonyl (C=O) groups is 1. The Bertz CT molecular complexity index is 1530. The number of halogens is 4. The van der Waals surface area contributed by atoms with Gasteiger partial charge in [-0.25, -0.2) is 0 Å². The molecule has 1 aromatic heterocycles. The predicted molar refractivity (Wildman–Crippen MR) is 164 cm³/mol. The summed E-state index contributed by atoms with van der Waals surface area (Å²) in [5.74, 6) is 0.868. The molecular formula is C33H34ClF3N2O2S. The number of thiophene rings is 1. The summed E-state index contributed by atoms with van der Waals surface area (Å²) in [5.41, 5.74) is 1.51. The second kappa shape index (κ2) is 13.1. The van der Waals surface area contributed by atoms with E-state index in [0.29, 0.717) is 52.9 Å². The number of amides is 1. The van der Waals surface area contributed by atoms with Crippen LogP contribution in [0.25, 0.3) is 21.2 Å². The molecule has 0 unspecified atom stereocenters. The second-order valence-corrected chi connectivity index (χ2v) is 12.2. The van der Waals surface area contributed by atoms with Crippen molar-refractivity contribution in [2.45, 2.75) is 51.4 Å². The summed E-state index contributed by atoms with van der Waals surface area (Å²) in [4.78, 5) is 16.6. The van der Waals surface area contributed by atoms with Crippen LogP contribution < -0.4 is 10.1 Å². The molecule has 0 radical (unpaired) electrons. The lowest BCUT2D eigenvalue weighted by atomic mass is 9.85. The molecule has 0 atom stereocenters. The Hall–Kier alpha value is -3.07. The topological polar surface area (TPSA) is 41.6 Å². The van der Waals surface area contributed by atoms with E-state index >= 15 is 0 Å². The van der Waals surface area contributed by atoms with Crippen LogP contribution >= 0.6 is 22.9 Å². The van der Waals surface area contributed by atoms with Gasteiger partial charge in [0, 0.05) is 34.8 Å². The van der Waals surface area contributed by atoms with Gasteiger partial charge in [-0.3, -0.25) is 4.79 Å². The minimum Gasteiger partial charge on any atom is -0.494 e. The first kappa shape index (κ1) is 30.4. The lowest BCUT2D eigenvalue weighted by Gasteiger charge is -2.33. The summed E-state index contributed by atoms with van der Waals surface area (Å²) in [6.45, 7) is 3.21. The Balaban J connectivity index is 1.49. The third-order valence-corrected chi connectivity index (χ3v) is 9.68. The van der Waals surface area contributed by atoms with Crippen molar-refractivity contribution in [3.05, 3.63) is 87.8 Å². The molecule has 1 aliphatic carbocycles. The number of nitrogens with zero attached hydrogens (tertiary/aromatic N) is 1. The first-order valence-corrected chi connectivity index (χ1v) is 15.4. The van der Waals surface area contributed by atoms with Gasteiger partial charge in [0.15, 0.2) is 0 Å². The van der Waals surface area contributed by atoms with E-state index in [-0.39, 0.29) is 5.91 Å². The number of carbonyl (C=O) groups excluding carboxylic acids is 1. The molecule has 222 valence electrons. The van der Waals surface area contributed by atoms with Crippen LogP contribution in [0.15, 0.2) is 66.7 Å². The normalized spacial score (nSPS) is 17.4. The van der Waals surface area contributed by atoms with E-state index < -0.39 is 11.7 Å². The van der Waals surface area contributed by atoms with Crippen LogP contribution in [0, 0.1) is 5.92 Å². The van der Waals surface area contributed by atoms with Gasteiger partial charge in [0.05, 0.1) is 17.2 Å². The van der Waals surface area contributed by atoms with Crippen LogP contribution in [0.3, 0.4) is 0 Å². The number of rotatable bonds is 9. The van der Waals surface area contributed by atoms with Gasteiger partial charge in [-0.1, -0.05) is 48.0 Å². The van der Waals surface area contributed by atoms with Crippen molar-refractivity contribution in [1.82, 2.24) is 10.2 Å². The molecule has 0 saturated heterocycles. The molecule has 1 aliphatic rings. The molecule has 4 aromatic rings. The third-order valence-electron chi connectivity index (χ3n) is 8.02. The fourth-order valence-corrected chi connectivity index (χ4v) is 7.18. The highest BCUT2D eigenvalue weighted by Crippen LogP contribution is 2.38. The van der Waals surface area contributed by atoms with Crippen LogP contribution in [0.1, 0.15) is 53.4 Å². The molecule has 42 heavy (non-hydrogen) atoms. The van der Waals surface area contributed by atoms with Crippen LogP contribution in [0.5, 0.6) is 5.75 Å². The van der Waals surface area contributed by atoms with E-state index in [1.165, 1.54) is 23.5 Å². The molecule has 0 bridgehead atoms. The van der Waals surface area contributed by atoms with Crippen LogP contribution in [0.4, 0.5) is 13.2 Å². The minimum atomic E-state index is -4.40. The van der Waals surface area contributed by atoms with E-state index in [1.807, 2.05) is 61.3 Å². The Kier molecular flexibility index (Phi) is 9.45. The standard InChI is InChI=1S/C33H34ClF3N2O2S/c1-3-41-28-17-12-23(22-10-13-25(14-11-22)33(35,36)37)18-24(28)20-39(19-21-8-15-26(38-2)16-9-21)32(40)31-30(34)27-6-4-5-7-29(27)42-31/h4-7,10-14,17-18,21,26,38H,3,8-9,15-16,19-20H2,1-2H3. The number of nitrogens with one attached hydrogen (secondary N) is 1. The lowest BCUT2D eigenvalue weighted by Crippen LogP contribution is -2.38. The molecule has 5 rings (SSSR count). The Morgan fingerprint density at radius 2 is 1.71 bits per heavy atom. The third kappa shape index (κ3) is 6.77. The van der Waals surface area contributed by atoms with Gasteiger partial charge in [0.25, 0.3) is 5.91 Å². The zero-order valence-electron chi connectivity index (χ0n) is 23.6. The van der Waals surface area contributed by atoms with Crippen molar-refractivity contribution < 1.29 is 22.7 Å². The molecule has 1 fully saturated rings. The molecule has 0 spiro atoms. The van der Waals surface area contributed by atoms with E-state index in [1.54, 1.807) is 0 Å². The maximum Gasteiger partial charge on any atom is 0.416 e. The summed E-state index contributed by atoms with van der Waals surface area (Å²) < 4.78 is 46.3. The SMILES string of the molecule is CCOc1ccc(-c2ccc(C(F)(F)F)cc2)cc1CN(CC1CCC(NC)CC1)C(=O)c1sc2ccccc2c1Cl. The molecule has 1 heterocycles. The number of ether oxygens (including phenoxy) is 1. The highest BCUT2D eigenvalue weighted by Gasteiger charge is 2.31. The smallest absolute Gasteiger partial charge is 0.416 e. The highest BCUT2D eigenvalue weighted by molar-refractivity contribution is 7.21. The van der Waals surface area contributed by atoms with Crippen molar-refractivity contribution >= 4 is 38.9 Å². The number of hydrogen-bond acceptors (Lipinski definition) is 4. The van der Waals surface area contributed by atoms with E-state index in [9.17, 15) is 18.0 Å². The number of benzene rings is 3. The average Bonchev–Trinajstić information content (AvgIpc) is 3.33. The van der Waals surface area contributed by atoms with Gasteiger partial charge in [-0.05, 0) is 87.0 Å². The summed E-state index contributed by atoms with van der Waals surface area (Å²) in [6.07, 6.45) is -0.261. The number of hydrogen-bond donors (Lipinski definition) is 1. The van der Waals surface area contributed by atoms with Crippen molar-refractivity contribution in [2.24, 2.45) is 5.92 Å². The quantitative estimate of drug-likeness (QED) is 0.204. The van der Waals surface area contributed by atoms with Crippen LogP contribution in [0.2, 0.25) is 5.02 Å². The molecular weight excluding hydrogens is 581 g/mol. The molecule has 0 aliphatic heterocycles. The van der Waals surface area contributed by atoms with Gasteiger partial charge >= 0.3 is 6.18 Å². The van der Waals surface area contributed by atoms with Gasteiger partial charge in [-0.2, -0.15) is 13.2 Å². The zero-order valence-corrected chi connectivity index (χ0v) is 25.2. The maximum atomic E-state index is 14.2. The fraction of sp³-hybridized carbons (Fsp3) is 0.364. The zero-order chi connectivity index (χ0) is 29.9. The lowest BCUT2D eigenvalue weighted by molar-refractivity contribution is -0.137. The Labute approximate surface area is 253 Å². The van der Waals surface area contributed by atoms with E-state index in [2.05, 4.69) is 5.32 Å². The summed E-state index contributed by atoms with van der Waals surface area (Å²) in [7, 11) is 1.99. The van der Waals surface area contributed by atoms with Gasteiger partial charge in [0.2, 0.25) is 0 Å². The largest absolute Gasteiger partial charge is 0.494 e. The molecule has 1 N–H and O–H groups in total. The summed E-state index contributed by atoms with van der Waals surface area (Å²) >= 11 is 8.16. The molecule has 9 heteroatoms. The summed E-state index contributed by atoms with van der Waals surface area (Å²) in [5, 5.41) is 4.70. The first-order chi connectivity index (χ1) is 20.2. The van der Waals surface area contributed by atoms with E-state index in [4.69, 9.17) is 16.3 Å². The van der Waals surface area contributed by atoms with Crippen molar-refractivity contribution in [1.29, 1.82) is 0 Å². The Morgan fingerprint density at radius 3 is 2.36 bits per heavy atom. The van der Waals surface area contributed by atoms with E-state index in [0.717, 1.165) is 59.0 Å². The van der Waals surface area contributed by atoms with Crippen molar-refractivity contribution in [3.8, 4) is 16.9 Å². The highest BCUT2D eigenvalue weighted by atomic mass is 35.5. The molecule has 1 amide bonds. The maximum absolute atomic E-state index is 14.2. The second-order valence-electron chi connectivity index (χ2n) is 10.8. The van der Waals surface area contributed by atoms with Gasteiger partial charge in [0.1, 0.15) is 10.6 Å². The minimum absolute atomic E-state index is 0.126.